The predicted octanol–water partition coefficient (Wildman–Crippen LogP) is 3.75. The number of rotatable bonds is 6. The van der Waals surface area contributed by atoms with Crippen LogP contribution in [0.5, 0.6) is 0 Å². The minimum atomic E-state index is 0.355. The van der Waals surface area contributed by atoms with E-state index in [1.54, 1.807) is 0 Å². The lowest BCUT2D eigenvalue weighted by molar-refractivity contribution is 0.569. The molecule has 1 aromatic carbocycles. The lowest BCUT2D eigenvalue weighted by atomic mass is 10.2. The summed E-state index contributed by atoms with van der Waals surface area (Å²) in [4.78, 5) is 0. The average Bonchev–Trinajstić information content (AvgIpc) is 2.87. The van der Waals surface area contributed by atoms with E-state index in [0.717, 1.165) is 24.0 Å². The van der Waals surface area contributed by atoms with Gasteiger partial charge in [-0.05, 0) is 31.5 Å². The van der Waals surface area contributed by atoms with Gasteiger partial charge in [-0.2, -0.15) is 5.10 Å². The first-order chi connectivity index (χ1) is 9.20. The van der Waals surface area contributed by atoms with E-state index < -0.39 is 0 Å². The Hall–Kier alpha value is -1.13. The highest BCUT2D eigenvalue weighted by Gasteiger charge is 2.08. The largest absolute Gasteiger partial charge is 0.310 e. The molecule has 0 aliphatic heterocycles. The van der Waals surface area contributed by atoms with Gasteiger partial charge in [0, 0.05) is 22.3 Å². The standard InChI is InChI=1S/C15H20BrN3/c1-3-8-17-12(2)14-9-18-19(11-14)10-13-6-4-5-7-15(13)16/h4-7,9,11-12,17H,3,8,10H2,1-2H3. The number of hydrogen-bond acceptors (Lipinski definition) is 2. The van der Waals surface area contributed by atoms with Gasteiger partial charge in [0.15, 0.2) is 0 Å². The van der Waals surface area contributed by atoms with E-state index in [1.807, 2.05) is 16.9 Å². The summed E-state index contributed by atoms with van der Waals surface area (Å²) in [5.74, 6) is 0. The molecule has 102 valence electrons. The van der Waals surface area contributed by atoms with Crippen molar-refractivity contribution < 1.29 is 0 Å². The minimum absolute atomic E-state index is 0.355. The van der Waals surface area contributed by atoms with Crippen molar-refractivity contribution >= 4 is 15.9 Å². The van der Waals surface area contributed by atoms with Gasteiger partial charge >= 0.3 is 0 Å². The Labute approximate surface area is 123 Å². The van der Waals surface area contributed by atoms with Crippen LogP contribution in [0.1, 0.15) is 37.4 Å². The molecule has 1 atom stereocenters. The molecule has 3 nitrogen and oxygen atoms in total. The normalized spacial score (nSPS) is 12.6. The van der Waals surface area contributed by atoms with Crippen molar-refractivity contribution in [1.82, 2.24) is 15.1 Å². The second-order valence-electron chi connectivity index (χ2n) is 4.74. The van der Waals surface area contributed by atoms with Crippen LogP contribution in [-0.4, -0.2) is 16.3 Å². The number of halogens is 1. The summed E-state index contributed by atoms with van der Waals surface area (Å²) in [7, 11) is 0. The fourth-order valence-corrected chi connectivity index (χ4v) is 2.38. The molecule has 1 unspecified atom stereocenters. The van der Waals surface area contributed by atoms with E-state index in [0.29, 0.717) is 6.04 Å². The van der Waals surface area contributed by atoms with Gasteiger partial charge < -0.3 is 5.32 Å². The Kier molecular flexibility index (Phi) is 5.16. The highest BCUT2D eigenvalue weighted by atomic mass is 79.9. The second kappa shape index (κ2) is 6.87. The summed E-state index contributed by atoms with van der Waals surface area (Å²) in [5.41, 5.74) is 2.48. The van der Waals surface area contributed by atoms with E-state index in [-0.39, 0.29) is 0 Å². The van der Waals surface area contributed by atoms with E-state index >= 15 is 0 Å². The maximum atomic E-state index is 4.44. The van der Waals surface area contributed by atoms with Gasteiger partial charge in [0.05, 0.1) is 12.7 Å². The zero-order valence-electron chi connectivity index (χ0n) is 11.4. The molecule has 2 rings (SSSR count). The molecule has 4 heteroatoms. The third kappa shape index (κ3) is 3.91. The molecule has 0 spiro atoms. The number of aromatic nitrogens is 2. The molecule has 0 bridgehead atoms. The molecule has 0 aliphatic rings. The predicted molar refractivity (Wildman–Crippen MR) is 82.2 cm³/mol. The smallest absolute Gasteiger partial charge is 0.0670 e. The molecular formula is C15H20BrN3. The van der Waals surface area contributed by atoms with Crippen LogP contribution < -0.4 is 5.32 Å². The molecule has 0 amide bonds. The number of nitrogens with zero attached hydrogens (tertiary/aromatic N) is 2. The van der Waals surface area contributed by atoms with Crippen LogP contribution in [0.15, 0.2) is 41.1 Å². The van der Waals surface area contributed by atoms with E-state index in [2.05, 4.69) is 64.6 Å². The molecule has 0 fully saturated rings. The first-order valence-corrected chi connectivity index (χ1v) is 7.49. The maximum absolute atomic E-state index is 4.44. The Morgan fingerprint density at radius 1 is 1.37 bits per heavy atom. The molecule has 1 aromatic heterocycles. The van der Waals surface area contributed by atoms with Gasteiger partial charge in [0.25, 0.3) is 0 Å². The molecule has 19 heavy (non-hydrogen) atoms. The molecule has 1 heterocycles. The van der Waals surface area contributed by atoms with Crippen molar-refractivity contribution in [3.05, 3.63) is 52.3 Å². The van der Waals surface area contributed by atoms with Crippen molar-refractivity contribution in [2.24, 2.45) is 0 Å². The van der Waals surface area contributed by atoms with Crippen molar-refractivity contribution in [1.29, 1.82) is 0 Å². The van der Waals surface area contributed by atoms with Gasteiger partial charge in [-0.15, -0.1) is 0 Å². The van der Waals surface area contributed by atoms with Crippen LogP contribution in [0.2, 0.25) is 0 Å². The van der Waals surface area contributed by atoms with Crippen LogP contribution in [0.3, 0.4) is 0 Å². The molecule has 1 N–H and O–H groups in total. The van der Waals surface area contributed by atoms with Crippen LogP contribution in [0.25, 0.3) is 0 Å². The summed E-state index contributed by atoms with van der Waals surface area (Å²) < 4.78 is 3.11. The average molecular weight is 322 g/mol. The highest BCUT2D eigenvalue weighted by molar-refractivity contribution is 9.10. The lowest BCUT2D eigenvalue weighted by Crippen LogP contribution is -2.18. The summed E-state index contributed by atoms with van der Waals surface area (Å²) in [6.45, 7) is 6.18. The number of hydrogen-bond donors (Lipinski definition) is 1. The fourth-order valence-electron chi connectivity index (χ4n) is 1.97. The van der Waals surface area contributed by atoms with Gasteiger partial charge in [-0.3, -0.25) is 4.68 Å². The zero-order valence-corrected chi connectivity index (χ0v) is 13.0. The van der Waals surface area contributed by atoms with Gasteiger partial charge in [0.2, 0.25) is 0 Å². The zero-order chi connectivity index (χ0) is 13.7. The van der Waals surface area contributed by atoms with Gasteiger partial charge in [0.1, 0.15) is 0 Å². The number of nitrogens with one attached hydrogen (secondary N) is 1. The van der Waals surface area contributed by atoms with Crippen molar-refractivity contribution in [2.45, 2.75) is 32.9 Å². The van der Waals surface area contributed by atoms with Crippen molar-refractivity contribution in [2.75, 3.05) is 6.54 Å². The van der Waals surface area contributed by atoms with E-state index in [4.69, 9.17) is 0 Å². The summed E-state index contributed by atoms with van der Waals surface area (Å²) >= 11 is 3.57. The van der Waals surface area contributed by atoms with Crippen molar-refractivity contribution in [3.63, 3.8) is 0 Å². The third-order valence-corrected chi connectivity index (χ3v) is 3.92. The van der Waals surface area contributed by atoms with Crippen LogP contribution in [-0.2, 0) is 6.54 Å². The first-order valence-electron chi connectivity index (χ1n) is 6.70. The molecule has 0 saturated heterocycles. The Balaban J connectivity index is 2.03. The summed E-state index contributed by atoms with van der Waals surface area (Å²) in [6, 6.07) is 8.61. The van der Waals surface area contributed by atoms with Crippen LogP contribution in [0.4, 0.5) is 0 Å². The SMILES string of the molecule is CCCNC(C)c1cnn(Cc2ccccc2Br)c1. The molecule has 0 radical (unpaired) electrons. The quantitative estimate of drug-likeness (QED) is 0.878. The molecule has 0 saturated carbocycles. The van der Waals surface area contributed by atoms with Gasteiger partial charge in [-0.25, -0.2) is 0 Å². The Bertz CT molecular complexity index is 522. The Morgan fingerprint density at radius 2 is 2.16 bits per heavy atom. The maximum Gasteiger partial charge on any atom is 0.0670 e. The topological polar surface area (TPSA) is 29.9 Å². The summed E-state index contributed by atoms with van der Waals surface area (Å²) in [5, 5.41) is 7.91. The number of benzene rings is 1. The third-order valence-electron chi connectivity index (χ3n) is 3.14. The van der Waals surface area contributed by atoms with Crippen molar-refractivity contribution in [3.8, 4) is 0 Å². The van der Waals surface area contributed by atoms with E-state index in [1.165, 1.54) is 11.1 Å². The van der Waals surface area contributed by atoms with Gasteiger partial charge in [-0.1, -0.05) is 41.1 Å². The Morgan fingerprint density at radius 3 is 2.89 bits per heavy atom. The molecule has 2 aromatic rings. The second-order valence-corrected chi connectivity index (χ2v) is 5.59. The minimum Gasteiger partial charge on any atom is -0.310 e. The molecule has 0 aliphatic carbocycles. The monoisotopic (exact) mass is 321 g/mol. The first kappa shape index (κ1) is 14.3. The molecular weight excluding hydrogens is 302 g/mol. The van der Waals surface area contributed by atoms with Crippen LogP contribution in [0, 0.1) is 0 Å². The van der Waals surface area contributed by atoms with Crippen LogP contribution >= 0.6 is 15.9 Å². The highest BCUT2D eigenvalue weighted by Crippen LogP contribution is 2.18. The lowest BCUT2D eigenvalue weighted by Gasteiger charge is -2.10. The fraction of sp³-hybridized carbons (Fsp3) is 0.400. The summed E-state index contributed by atoms with van der Waals surface area (Å²) in [6.07, 6.45) is 5.21. The van der Waals surface area contributed by atoms with E-state index in [9.17, 15) is 0 Å².